The molecule has 3 rings (SSSR count). The van der Waals surface area contributed by atoms with Crippen LogP contribution in [0.2, 0.25) is 0 Å². The lowest BCUT2D eigenvalue weighted by Crippen LogP contribution is -2.29. The van der Waals surface area contributed by atoms with Crippen LogP contribution in [0.4, 0.5) is 5.82 Å². The molecule has 2 N–H and O–H groups in total. The highest BCUT2D eigenvalue weighted by atomic mass is 32.2. The van der Waals surface area contributed by atoms with Crippen molar-refractivity contribution >= 4 is 52.1 Å². The minimum atomic E-state index is -0.842. The first-order valence-electron chi connectivity index (χ1n) is 12.7. The number of rotatable bonds is 13. The highest BCUT2D eigenvalue weighted by Crippen LogP contribution is 2.35. The molecule has 0 aliphatic carbocycles. The van der Waals surface area contributed by atoms with Crippen LogP contribution in [0.3, 0.4) is 0 Å². The molecule has 0 unspecified atom stereocenters. The SMILES string of the molecule is COc1ccc(CCNc2c(/C=C3/SC(=S)N(CCCCCC(=O)O)C3=O)c(C)c(C#N)c(=O)n2C)cc1OC. The normalized spacial score (nSPS) is 14.0. The Morgan fingerprint density at radius 2 is 1.93 bits per heavy atom. The maximum Gasteiger partial charge on any atom is 0.303 e. The number of carboxylic acid groups (broad SMARTS) is 1. The molecule has 1 aliphatic rings. The largest absolute Gasteiger partial charge is 0.493 e. The number of anilines is 1. The minimum absolute atomic E-state index is 0.00750. The zero-order valence-corrected chi connectivity index (χ0v) is 24.5. The number of carbonyl (C=O) groups is 2. The number of amides is 1. The van der Waals surface area contributed by atoms with Gasteiger partial charge in [0.1, 0.15) is 21.8 Å². The van der Waals surface area contributed by atoms with E-state index in [2.05, 4.69) is 5.32 Å². The van der Waals surface area contributed by atoms with E-state index < -0.39 is 11.5 Å². The number of nitrogens with zero attached hydrogens (tertiary/aromatic N) is 3. The number of carboxylic acids is 1. The van der Waals surface area contributed by atoms with Crippen molar-refractivity contribution in [2.24, 2.45) is 7.05 Å². The van der Waals surface area contributed by atoms with Crippen molar-refractivity contribution in [3.8, 4) is 17.6 Å². The van der Waals surface area contributed by atoms with Gasteiger partial charge in [0.2, 0.25) is 0 Å². The second kappa shape index (κ2) is 14.0. The lowest BCUT2D eigenvalue weighted by atomic mass is 10.0. The lowest BCUT2D eigenvalue weighted by Gasteiger charge is -2.18. The molecule has 12 heteroatoms. The van der Waals surface area contributed by atoms with Gasteiger partial charge in [-0.25, -0.2) is 0 Å². The van der Waals surface area contributed by atoms with Gasteiger partial charge in [-0.05, 0) is 55.5 Å². The number of hydrogen-bond donors (Lipinski definition) is 2. The fourth-order valence-corrected chi connectivity index (χ4v) is 5.64. The first-order chi connectivity index (χ1) is 19.1. The Morgan fingerprint density at radius 3 is 2.58 bits per heavy atom. The highest BCUT2D eigenvalue weighted by Gasteiger charge is 2.32. The Labute approximate surface area is 242 Å². The summed E-state index contributed by atoms with van der Waals surface area (Å²) < 4.78 is 12.5. The van der Waals surface area contributed by atoms with Crippen LogP contribution >= 0.6 is 24.0 Å². The van der Waals surface area contributed by atoms with E-state index in [9.17, 15) is 19.6 Å². The Bertz CT molecular complexity index is 1440. The third kappa shape index (κ3) is 7.03. The molecule has 1 fully saturated rings. The average molecular weight is 585 g/mol. The minimum Gasteiger partial charge on any atom is -0.493 e. The summed E-state index contributed by atoms with van der Waals surface area (Å²) in [6.45, 7) is 2.55. The summed E-state index contributed by atoms with van der Waals surface area (Å²) in [6, 6.07) is 7.64. The van der Waals surface area contributed by atoms with Gasteiger partial charge in [0.15, 0.2) is 11.5 Å². The number of aliphatic carboxylic acids is 1. The summed E-state index contributed by atoms with van der Waals surface area (Å²) in [5.74, 6) is 0.638. The number of ether oxygens (including phenoxy) is 2. The number of nitrogens with one attached hydrogen (secondary N) is 1. The van der Waals surface area contributed by atoms with Gasteiger partial charge in [-0.15, -0.1) is 0 Å². The number of benzene rings is 1. The summed E-state index contributed by atoms with van der Waals surface area (Å²) in [5.41, 5.74) is 1.60. The number of carbonyl (C=O) groups excluding carboxylic acids is 1. The highest BCUT2D eigenvalue weighted by molar-refractivity contribution is 8.26. The summed E-state index contributed by atoms with van der Waals surface area (Å²) in [5, 5.41) is 21.8. The van der Waals surface area contributed by atoms with Gasteiger partial charge in [0.05, 0.1) is 19.1 Å². The zero-order valence-electron chi connectivity index (χ0n) is 22.9. The van der Waals surface area contributed by atoms with Crippen LogP contribution in [0.25, 0.3) is 6.08 Å². The Morgan fingerprint density at radius 1 is 1.20 bits per heavy atom. The van der Waals surface area contributed by atoms with Crippen molar-refractivity contribution in [2.75, 3.05) is 32.6 Å². The summed E-state index contributed by atoms with van der Waals surface area (Å²) in [6.07, 6.45) is 4.21. The standard InChI is InChI=1S/C28H32N4O6S2/c1-17-19(15-23-27(36)32(28(39)40-23)13-7-5-6-8-24(33)34)25(31(2)26(35)20(17)16-29)30-12-11-18-9-10-21(37-3)22(14-18)38-4/h9-10,14-15,30H,5-8,11-13H2,1-4H3,(H,33,34)/b23-15+. The molecule has 40 heavy (non-hydrogen) atoms. The van der Waals surface area contributed by atoms with E-state index in [0.29, 0.717) is 76.4 Å². The number of unbranched alkanes of at least 4 members (excludes halogenated alkanes) is 2. The number of aromatic nitrogens is 1. The summed E-state index contributed by atoms with van der Waals surface area (Å²) in [7, 11) is 4.73. The molecular weight excluding hydrogens is 552 g/mol. The van der Waals surface area contributed by atoms with Gasteiger partial charge in [-0.3, -0.25) is 23.9 Å². The fourth-order valence-electron chi connectivity index (χ4n) is 4.35. The van der Waals surface area contributed by atoms with E-state index in [-0.39, 0.29) is 17.9 Å². The number of thiocarbonyl (C=S) groups is 1. The van der Waals surface area contributed by atoms with Crippen molar-refractivity contribution in [3.63, 3.8) is 0 Å². The first kappa shape index (κ1) is 30.7. The van der Waals surface area contributed by atoms with E-state index in [1.807, 2.05) is 24.3 Å². The number of hydrogen-bond acceptors (Lipinski definition) is 9. The molecule has 1 aromatic carbocycles. The topological polar surface area (TPSA) is 134 Å². The van der Waals surface area contributed by atoms with Crippen molar-refractivity contribution in [3.05, 3.63) is 55.7 Å². The van der Waals surface area contributed by atoms with Crippen molar-refractivity contribution in [2.45, 2.75) is 39.0 Å². The fraction of sp³-hybridized carbons (Fsp3) is 0.393. The molecule has 1 amide bonds. The maximum atomic E-state index is 13.2. The third-order valence-corrected chi connectivity index (χ3v) is 7.95. The average Bonchev–Trinajstić information content (AvgIpc) is 3.20. The van der Waals surface area contributed by atoms with Crippen molar-refractivity contribution < 1.29 is 24.2 Å². The number of pyridine rings is 1. The molecule has 2 aromatic rings. The van der Waals surface area contributed by atoms with Crippen LogP contribution in [-0.2, 0) is 23.1 Å². The predicted octanol–water partition coefficient (Wildman–Crippen LogP) is 4.08. The molecule has 2 heterocycles. The van der Waals surface area contributed by atoms with E-state index in [0.717, 1.165) is 5.56 Å². The number of nitriles is 1. The van der Waals surface area contributed by atoms with Gasteiger partial charge in [-0.2, -0.15) is 5.26 Å². The van der Waals surface area contributed by atoms with E-state index in [4.69, 9.17) is 26.8 Å². The van der Waals surface area contributed by atoms with E-state index in [1.54, 1.807) is 34.3 Å². The van der Waals surface area contributed by atoms with Crippen molar-refractivity contribution in [1.82, 2.24) is 9.47 Å². The first-order valence-corrected chi connectivity index (χ1v) is 13.9. The molecule has 1 saturated heterocycles. The van der Waals surface area contributed by atoms with Crippen LogP contribution in [0, 0.1) is 18.3 Å². The number of methoxy groups -OCH3 is 2. The zero-order chi connectivity index (χ0) is 29.4. The summed E-state index contributed by atoms with van der Waals surface area (Å²) >= 11 is 6.61. The molecule has 0 radical (unpaired) electrons. The Hall–Kier alpha value is -3.82. The molecule has 1 aromatic heterocycles. The quantitative estimate of drug-likeness (QED) is 0.201. The molecule has 0 saturated carbocycles. The molecular formula is C28H32N4O6S2. The van der Waals surface area contributed by atoms with Gasteiger partial charge in [-0.1, -0.05) is 36.5 Å². The van der Waals surface area contributed by atoms with Gasteiger partial charge in [0, 0.05) is 32.1 Å². The van der Waals surface area contributed by atoms with Crippen LogP contribution in [0.15, 0.2) is 27.9 Å². The third-order valence-electron chi connectivity index (χ3n) is 6.58. The van der Waals surface area contributed by atoms with Crippen LogP contribution in [-0.4, -0.2) is 58.1 Å². The predicted molar refractivity (Wildman–Crippen MR) is 159 cm³/mol. The van der Waals surface area contributed by atoms with Gasteiger partial charge < -0.3 is 19.9 Å². The number of thioether (sulfide) groups is 1. The molecule has 212 valence electrons. The maximum absolute atomic E-state index is 13.2. The second-order valence-electron chi connectivity index (χ2n) is 9.14. The Balaban J connectivity index is 1.85. The smallest absolute Gasteiger partial charge is 0.303 e. The molecule has 1 aliphatic heterocycles. The van der Waals surface area contributed by atoms with Gasteiger partial charge in [0.25, 0.3) is 11.5 Å². The monoisotopic (exact) mass is 584 g/mol. The van der Waals surface area contributed by atoms with E-state index in [1.165, 1.54) is 21.2 Å². The molecule has 10 nitrogen and oxygen atoms in total. The summed E-state index contributed by atoms with van der Waals surface area (Å²) in [4.78, 5) is 38.8. The van der Waals surface area contributed by atoms with Crippen molar-refractivity contribution in [1.29, 1.82) is 5.26 Å². The van der Waals surface area contributed by atoms with Crippen LogP contribution in [0.5, 0.6) is 11.5 Å². The second-order valence-corrected chi connectivity index (χ2v) is 10.8. The molecule has 0 spiro atoms. The lowest BCUT2D eigenvalue weighted by molar-refractivity contribution is -0.137. The van der Waals surface area contributed by atoms with Gasteiger partial charge >= 0.3 is 5.97 Å². The van der Waals surface area contributed by atoms with Crippen LogP contribution < -0.4 is 20.3 Å². The Kier molecular flexibility index (Phi) is 10.8. The molecule has 0 atom stereocenters. The molecule has 0 bridgehead atoms. The van der Waals surface area contributed by atoms with Crippen LogP contribution in [0.1, 0.15) is 47.9 Å². The van der Waals surface area contributed by atoms with E-state index >= 15 is 0 Å².